The number of anilines is 1. The zero-order valence-corrected chi connectivity index (χ0v) is 19.8. The molecule has 1 atom stereocenters. The Morgan fingerprint density at radius 2 is 1.76 bits per heavy atom. The monoisotopic (exact) mass is 480 g/mol. The van der Waals surface area contributed by atoms with Crippen LogP contribution in [0.25, 0.3) is 22.1 Å². The Bertz CT molecular complexity index is 1440. The van der Waals surface area contributed by atoms with Crippen molar-refractivity contribution in [3.8, 4) is 28.4 Å². The average Bonchev–Trinajstić information content (AvgIpc) is 3.47. The number of benzene rings is 3. The van der Waals surface area contributed by atoms with Gasteiger partial charge in [0.1, 0.15) is 28.7 Å². The summed E-state index contributed by atoms with van der Waals surface area (Å²) in [6, 6.07) is 16.6. The van der Waals surface area contributed by atoms with Crippen LogP contribution in [0.3, 0.4) is 0 Å². The van der Waals surface area contributed by atoms with Crippen LogP contribution < -0.4 is 18.9 Å². The molecule has 1 aromatic heterocycles. The molecule has 9 heteroatoms. The van der Waals surface area contributed by atoms with Crippen molar-refractivity contribution >= 4 is 26.8 Å². The molecule has 3 aromatic carbocycles. The molecule has 2 heterocycles. The number of methoxy groups -OCH3 is 2. The van der Waals surface area contributed by atoms with Gasteiger partial charge in [0, 0.05) is 12.0 Å². The van der Waals surface area contributed by atoms with Crippen molar-refractivity contribution in [1.29, 1.82) is 0 Å². The van der Waals surface area contributed by atoms with Gasteiger partial charge in [-0.1, -0.05) is 48.5 Å². The van der Waals surface area contributed by atoms with Gasteiger partial charge in [-0.05, 0) is 35.7 Å². The molecule has 1 aliphatic heterocycles. The van der Waals surface area contributed by atoms with Gasteiger partial charge in [-0.25, -0.2) is 8.42 Å². The summed E-state index contributed by atoms with van der Waals surface area (Å²) in [5.41, 5.74) is 3.44. The Balaban J connectivity index is 1.66. The molecule has 0 saturated carbocycles. The summed E-state index contributed by atoms with van der Waals surface area (Å²) in [4.78, 5) is -0.124. The molecular weight excluding hydrogens is 456 g/mol. The van der Waals surface area contributed by atoms with E-state index in [0.717, 1.165) is 23.1 Å². The van der Waals surface area contributed by atoms with E-state index in [1.807, 2.05) is 36.4 Å². The second kappa shape index (κ2) is 8.57. The summed E-state index contributed by atoms with van der Waals surface area (Å²) < 4.78 is 51.8. The van der Waals surface area contributed by atoms with Crippen molar-refractivity contribution in [3.05, 3.63) is 60.2 Å². The normalized spacial score (nSPS) is 15.1. The van der Waals surface area contributed by atoms with Crippen LogP contribution in [0.5, 0.6) is 17.2 Å². The zero-order valence-electron chi connectivity index (χ0n) is 19.0. The fraction of sp³-hybridized carbons (Fsp3) is 0.240. The van der Waals surface area contributed by atoms with Gasteiger partial charge in [0.05, 0.1) is 14.2 Å². The van der Waals surface area contributed by atoms with Crippen LogP contribution in [0.1, 0.15) is 18.9 Å². The average molecular weight is 481 g/mol. The van der Waals surface area contributed by atoms with Crippen molar-refractivity contribution in [2.45, 2.75) is 30.8 Å². The van der Waals surface area contributed by atoms with E-state index in [-0.39, 0.29) is 28.3 Å². The number of rotatable bonds is 7. The molecule has 0 saturated heterocycles. The Hall–Kier alpha value is -3.72. The number of nitrogens with one attached hydrogen (secondary N) is 1. The van der Waals surface area contributed by atoms with Crippen LogP contribution in [-0.2, 0) is 16.4 Å². The third kappa shape index (κ3) is 3.62. The lowest BCUT2D eigenvalue weighted by atomic mass is 9.95. The van der Waals surface area contributed by atoms with E-state index in [1.165, 1.54) is 14.2 Å². The Morgan fingerprint density at radius 3 is 2.41 bits per heavy atom. The van der Waals surface area contributed by atoms with Crippen molar-refractivity contribution in [2.75, 3.05) is 18.9 Å². The lowest BCUT2D eigenvalue weighted by Gasteiger charge is -2.14. The Labute approximate surface area is 197 Å². The van der Waals surface area contributed by atoms with Gasteiger partial charge < -0.3 is 18.7 Å². The molecule has 0 radical (unpaired) electrons. The lowest BCUT2D eigenvalue weighted by molar-refractivity contribution is 0.230. The fourth-order valence-corrected chi connectivity index (χ4v) is 5.64. The standard InChI is InChI=1S/C25H24N2O6S/c1-4-16-13-18-17(15-9-6-5-7-10-15)14-21-22(23(18)32-16)25(26-33-21)27-34(28,29)24-19(30-2)11-8-12-20(24)31-3/h5-12,14,16H,4,13H2,1-3H3,(H,26,27). The number of hydrogen-bond donors (Lipinski definition) is 1. The molecule has 5 rings (SSSR count). The quantitative estimate of drug-likeness (QED) is 0.396. The predicted octanol–water partition coefficient (Wildman–Crippen LogP) is 5.03. The van der Waals surface area contributed by atoms with E-state index in [2.05, 4.69) is 16.8 Å². The summed E-state index contributed by atoms with van der Waals surface area (Å²) in [6.07, 6.45) is 1.51. The number of fused-ring (bicyclic) bond motifs is 3. The van der Waals surface area contributed by atoms with E-state index >= 15 is 0 Å². The summed E-state index contributed by atoms with van der Waals surface area (Å²) in [6.45, 7) is 2.06. The summed E-state index contributed by atoms with van der Waals surface area (Å²) >= 11 is 0. The number of sulfonamides is 1. The highest BCUT2D eigenvalue weighted by atomic mass is 32.2. The van der Waals surface area contributed by atoms with Crippen molar-refractivity contribution in [3.63, 3.8) is 0 Å². The third-order valence-corrected chi connectivity index (χ3v) is 7.36. The maximum absolute atomic E-state index is 13.4. The molecule has 1 unspecified atom stereocenters. The first kappa shape index (κ1) is 22.1. The number of nitrogens with zero attached hydrogens (tertiary/aromatic N) is 1. The lowest BCUT2D eigenvalue weighted by Crippen LogP contribution is -2.16. The molecule has 0 fully saturated rings. The van der Waals surface area contributed by atoms with Crippen LogP contribution >= 0.6 is 0 Å². The second-order valence-corrected chi connectivity index (χ2v) is 9.57. The molecule has 1 aliphatic rings. The minimum absolute atomic E-state index is 0.0169. The molecule has 1 N–H and O–H groups in total. The first-order chi connectivity index (χ1) is 16.5. The third-order valence-electron chi connectivity index (χ3n) is 5.96. The smallest absolute Gasteiger partial charge is 0.270 e. The first-order valence-electron chi connectivity index (χ1n) is 10.9. The first-order valence-corrected chi connectivity index (χ1v) is 12.4. The van der Waals surface area contributed by atoms with E-state index in [9.17, 15) is 8.42 Å². The van der Waals surface area contributed by atoms with Gasteiger partial charge in [-0.2, -0.15) is 0 Å². The van der Waals surface area contributed by atoms with Crippen LogP contribution in [0.2, 0.25) is 0 Å². The highest BCUT2D eigenvalue weighted by Crippen LogP contribution is 2.46. The molecule has 34 heavy (non-hydrogen) atoms. The predicted molar refractivity (Wildman–Crippen MR) is 128 cm³/mol. The molecule has 0 aliphatic carbocycles. The van der Waals surface area contributed by atoms with E-state index in [0.29, 0.717) is 23.1 Å². The molecule has 0 amide bonds. The minimum atomic E-state index is -4.14. The number of hydrogen-bond acceptors (Lipinski definition) is 7. The highest BCUT2D eigenvalue weighted by molar-refractivity contribution is 7.93. The van der Waals surface area contributed by atoms with E-state index in [1.54, 1.807) is 18.2 Å². The Morgan fingerprint density at radius 1 is 1.06 bits per heavy atom. The highest BCUT2D eigenvalue weighted by Gasteiger charge is 2.33. The van der Waals surface area contributed by atoms with Gasteiger partial charge in [0.2, 0.25) is 0 Å². The topological polar surface area (TPSA) is 99.9 Å². The van der Waals surface area contributed by atoms with Gasteiger partial charge in [0.25, 0.3) is 10.0 Å². The van der Waals surface area contributed by atoms with Crippen molar-refractivity contribution < 1.29 is 27.2 Å². The zero-order chi connectivity index (χ0) is 23.9. The van der Waals surface area contributed by atoms with Gasteiger partial charge in [0.15, 0.2) is 16.3 Å². The molecule has 176 valence electrons. The summed E-state index contributed by atoms with van der Waals surface area (Å²) in [5.74, 6) is 0.946. The van der Waals surface area contributed by atoms with Crippen LogP contribution in [0.4, 0.5) is 5.82 Å². The minimum Gasteiger partial charge on any atom is -0.495 e. The molecular formula is C25H24N2O6S. The number of ether oxygens (including phenoxy) is 3. The van der Waals surface area contributed by atoms with E-state index < -0.39 is 10.0 Å². The van der Waals surface area contributed by atoms with Gasteiger partial charge in [-0.15, -0.1) is 0 Å². The maximum atomic E-state index is 13.4. The molecule has 0 spiro atoms. The van der Waals surface area contributed by atoms with Crippen LogP contribution in [0.15, 0.2) is 64.0 Å². The van der Waals surface area contributed by atoms with Crippen molar-refractivity contribution in [1.82, 2.24) is 5.16 Å². The van der Waals surface area contributed by atoms with Crippen LogP contribution in [-0.4, -0.2) is 33.9 Å². The maximum Gasteiger partial charge on any atom is 0.270 e. The van der Waals surface area contributed by atoms with Gasteiger partial charge in [-0.3, -0.25) is 4.72 Å². The molecule has 0 bridgehead atoms. The second-order valence-electron chi connectivity index (χ2n) is 7.95. The summed E-state index contributed by atoms with van der Waals surface area (Å²) in [5, 5.41) is 4.54. The Kier molecular flexibility index (Phi) is 5.57. The summed E-state index contributed by atoms with van der Waals surface area (Å²) in [7, 11) is -1.34. The van der Waals surface area contributed by atoms with Gasteiger partial charge >= 0.3 is 0 Å². The number of aromatic nitrogens is 1. The fourth-order valence-electron chi connectivity index (χ4n) is 4.31. The van der Waals surface area contributed by atoms with Crippen LogP contribution in [0, 0.1) is 0 Å². The van der Waals surface area contributed by atoms with Crippen molar-refractivity contribution in [2.24, 2.45) is 0 Å². The molecule has 4 aromatic rings. The molecule has 8 nitrogen and oxygen atoms in total. The van der Waals surface area contributed by atoms with E-state index in [4.69, 9.17) is 18.7 Å². The SMILES string of the molecule is CCC1Cc2c(-c3ccccc3)cc3onc(NS(=O)(=O)c4c(OC)cccc4OC)c3c2O1. The largest absolute Gasteiger partial charge is 0.495 e.